The van der Waals surface area contributed by atoms with Crippen molar-refractivity contribution in [3.63, 3.8) is 0 Å². The number of alkyl halides is 3. The van der Waals surface area contributed by atoms with Crippen molar-refractivity contribution < 1.29 is 18.0 Å². The van der Waals surface area contributed by atoms with Crippen LogP contribution in [0.2, 0.25) is 5.15 Å². The van der Waals surface area contributed by atoms with Crippen molar-refractivity contribution in [3.8, 4) is 0 Å². The number of nitrogens with zero attached hydrogens (tertiary/aromatic N) is 2. The molecule has 2 amide bonds. The number of nitrogens with two attached hydrogens (primary N) is 1. The number of nitrogen functional groups attached to an aromatic ring is 1. The second-order valence-electron chi connectivity index (χ2n) is 4.41. The Morgan fingerprint density at radius 3 is 2.52 bits per heavy atom. The van der Waals surface area contributed by atoms with Gasteiger partial charge in [-0.3, -0.25) is 0 Å². The van der Waals surface area contributed by atoms with Crippen LogP contribution in [0.5, 0.6) is 0 Å². The van der Waals surface area contributed by atoms with E-state index in [1.54, 1.807) is 0 Å². The third-order valence-electron chi connectivity index (χ3n) is 2.73. The maximum atomic E-state index is 12.4. The Morgan fingerprint density at radius 2 is 1.91 bits per heavy atom. The number of aromatic nitrogens is 2. The van der Waals surface area contributed by atoms with Gasteiger partial charge >= 0.3 is 12.2 Å². The standard InChI is InChI=1S/C13H11ClF3N5O/c14-10-6-19-11(18)9(22-10)5-20-12(23)21-8-3-1-7(2-4-8)13(15,16)17/h1-4,6H,5H2,(H2,18,19)(H2,20,21,23). The highest BCUT2D eigenvalue weighted by Gasteiger charge is 2.29. The van der Waals surface area contributed by atoms with Crippen molar-refractivity contribution in [1.82, 2.24) is 15.3 Å². The minimum Gasteiger partial charge on any atom is -0.382 e. The number of hydrogen-bond donors (Lipinski definition) is 3. The summed E-state index contributed by atoms with van der Waals surface area (Å²) in [4.78, 5) is 19.4. The van der Waals surface area contributed by atoms with Crippen molar-refractivity contribution in [3.05, 3.63) is 46.9 Å². The highest BCUT2D eigenvalue weighted by atomic mass is 35.5. The van der Waals surface area contributed by atoms with Crippen LogP contribution in [0, 0.1) is 0 Å². The maximum Gasteiger partial charge on any atom is 0.416 e. The molecule has 0 fully saturated rings. The number of halogens is 4. The fourth-order valence-corrected chi connectivity index (χ4v) is 1.78. The molecular weight excluding hydrogens is 335 g/mol. The summed E-state index contributed by atoms with van der Waals surface area (Å²) >= 11 is 5.66. The molecule has 1 heterocycles. The van der Waals surface area contributed by atoms with E-state index < -0.39 is 17.8 Å². The zero-order valence-corrected chi connectivity index (χ0v) is 12.2. The number of nitrogens with one attached hydrogen (secondary N) is 2. The second-order valence-corrected chi connectivity index (χ2v) is 4.79. The topological polar surface area (TPSA) is 92.9 Å². The molecule has 0 saturated heterocycles. The van der Waals surface area contributed by atoms with Crippen molar-refractivity contribution in [2.45, 2.75) is 12.7 Å². The Morgan fingerprint density at radius 1 is 1.26 bits per heavy atom. The van der Waals surface area contributed by atoms with Crippen LogP contribution in [0.25, 0.3) is 0 Å². The molecule has 0 atom stereocenters. The highest BCUT2D eigenvalue weighted by Crippen LogP contribution is 2.29. The number of carbonyl (C=O) groups excluding carboxylic acids is 1. The molecule has 4 N–H and O–H groups in total. The predicted molar refractivity (Wildman–Crippen MR) is 78.8 cm³/mol. The summed E-state index contributed by atoms with van der Waals surface area (Å²) in [6, 6.07) is 3.41. The van der Waals surface area contributed by atoms with E-state index in [1.807, 2.05) is 0 Å². The molecule has 1 aromatic heterocycles. The van der Waals surface area contributed by atoms with Gasteiger partial charge < -0.3 is 16.4 Å². The van der Waals surface area contributed by atoms with Crippen LogP contribution in [0.1, 0.15) is 11.3 Å². The molecule has 0 saturated carbocycles. The molecule has 0 unspecified atom stereocenters. The first-order valence-corrected chi connectivity index (χ1v) is 6.62. The third-order valence-corrected chi connectivity index (χ3v) is 2.92. The highest BCUT2D eigenvalue weighted by molar-refractivity contribution is 6.29. The quantitative estimate of drug-likeness (QED) is 0.797. The zero-order valence-electron chi connectivity index (χ0n) is 11.5. The van der Waals surface area contributed by atoms with Crippen molar-refractivity contribution in [2.75, 3.05) is 11.1 Å². The average Bonchev–Trinajstić information content (AvgIpc) is 2.48. The van der Waals surface area contributed by atoms with Crippen LogP contribution < -0.4 is 16.4 Å². The lowest BCUT2D eigenvalue weighted by atomic mass is 10.2. The van der Waals surface area contributed by atoms with Gasteiger partial charge in [-0.05, 0) is 24.3 Å². The Hall–Kier alpha value is -2.55. The first-order chi connectivity index (χ1) is 10.8. The minimum atomic E-state index is -4.43. The van der Waals surface area contributed by atoms with Crippen LogP contribution in [-0.4, -0.2) is 16.0 Å². The van der Waals surface area contributed by atoms with E-state index >= 15 is 0 Å². The summed E-state index contributed by atoms with van der Waals surface area (Å²) in [7, 11) is 0. The Kier molecular flexibility index (Phi) is 4.89. The molecule has 10 heteroatoms. The first-order valence-electron chi connectivity index (χ1n) is 6.24. The van der Waals surface area contributed by atoms with Crippen LogP contribution in [0.4, 0.5) is 29.5 Å². The summed E-state index contributed by atoms with van der Waals surface area (Å²) in [5.74, 6) is 0.115. The summed E-state index contributed by atoms with van der Waals surface area (Å²) < 4.78 is 37.3. The molecule has 0 radical (unpaired) electrons. The number of anilines is 2. The number of hydrogen-bond acceptors (Lipinski definition) is 4. The molecule has 6 nitrogen and oxygen atoms in total. The second kappa shape index (κ2) is 6.69. The average molecular weight is 346 g/mol. The van der Waals surface area contributed by atoms with E-state index in [0.717, 1.165) is 24.3 Å². The lowest BCUT2D eigenvalue weighted by Crippen LogP contribution is -2.29. The maximum absolute atomic E-state index is 12.4. The summed E-state index contributed by atoms with van der Waals surface area (Å²) in [6.07, 6.45) is -3.16. The molecule has 0 aliphatic rings. The van der Waals surface area contributed by atoms with Gasteiger partial charge in [0.25, 0.3) is 0 Å². The zero-order chi connectivity index (χ0) is 17.0. The molecule has 0 bridgehead atoms. The van der Waals surface area contributed by atoms with Gasteiger partial charge in [-0.25, -0.2) is 14.8 Å². The van der Waals surface area contributed by atoms with Crippen molar-refractivity contribution in [2.24, 2.45) is 0 Å². The first kappa shape index (κ1) is 16.8. The van der Waals surface area contributed by atoms with E-state index in [1.165, 1.54) is 6.20 Å². The lowest BCUT2D eigenvalue weighted by molar-refractivity contribution is -0.137. The van der Waals surface area contributed by atoms with Crippen LogP contribution >= 0.6 is 11.6 Å². The molecule has 0 aliphatic heterocycles. The minimum absolute atomic E-state index is 0.0359. The van der Waals surface area contributed by atoms with Crippen LogP contribution in [0.15, 0.2) is 30.5 Å². The monoisotopic (exact) mass is 345 g/mol. The van der Waals surface area contributed by atoms with Gasteiger partial charge in [-0.15, -0.1) is 0 Å². The van der Waals surface area contributed by atoms with E-state index in [9.17, 15) is 18.0 Å². The molecule has 1 aromatic carbocycles. The van der Waals surface area contributed by atoms with Crippen LogP contribution in [-0.2, 0) is 12.7 Å². The Balaban J connectivity index is 1.93. The molecule has 2 aromatic rings. The van der Waals surface area contributed by atoms with E-state index in [0.29, 0.717) is 0 Å². The lowest BCUT2D eigenvalue weighted by Gasteiger charge is -2.10. The number of amides is 2. The van der Waals surface area contributed by atoms with E-state index in [-0.39, 0.29) is 28.9 Å². The van der Waals surface area contributed by atoms with Gasteiger partial charge in [-0.2, -0.15) is 13.2 Å². The molecular formula is C13H11ClF3N5O. The summed E-state index contributed by atoms with van der Waals surface area (Å²) in [5.41, 5.74) is 5.26. The largest absolute Gasteiger partial charge is 0.416 e. The number of carbonyl (C=O) groups is 1. The predicted octanol–water partition coefficient (Wildman–Crippen LogP) is 3.05. The van der Waals surface area contributed by atoms with Gasteiger partial charge in [0, 0.05) is 5.69 Å². The van der Waals surface area contributed by atoms with Crippen molar-refractivity contribution >= 4 is 29.1 Å². The summed E-state index contributed by atoms with van der Waals surface area (Å²) in [5, 5.41) is 4.96. The summed E-state index contributed by atoms with van der Waals surface area (Å²) in [6.45, 7) is -0.0359. The normalized spacial score (nSPS) is 11.1. The van der Waals surface area contributed by atoms with Gasteiger partial charge in [0.2, 0.25) is 0 Å². The Bertz CT molecular complexity index is 706. The van der Waals surface area contributed by atoms with Gasteiger partial charge in [-0.1, -0.05) is 11.6 Å². The number of urea groups is 1. The third kappa shape index (κ3) is 4.71. The molecule has 2 rings (SSSR count). The smallest absolute Gasteiger partial charge is 0.382 e. The number of benzene rings is 1. The molecule has 0 spiro atoms. The SMILES string of the molecule is Nc1ncc(Cl)nc1CNC(=O)Nc1ccc(C(F)(F)F)cc1. The fraction of sp³-hybridized carbons (Fsp3) is 0.154. The van der Waals surface area contributed by atoms with Crippen LogP contribution in [0.3, 0.4) is 0 Å². The Labute approximate surface area is 133 Å². The van der Waals surface area contributed by atoms with Crippen molar-refractivity contribution in [1.29, 1.82) is 0 Å². The molecule has 122 valence electrons. The molecule has 0 aliphatic carbocycles. The van der Waals surface area contributed by atoms with Gasteiger partial charge in [0.1, 0.15) is 16.7 Å². The molecule has 23 heavy (non-hydrogen) atoms. The fourth-order valence-electron chi connectivity index (χ4n) is 1.62. The van der Waals surface area contributed by atoms with Gasteiger partial charge in [0.15, 0.2) is 0 Å². The number of rotatable bonds is 3. The van der Waals surface area contributed by atoms with Gasteiger partial charge in [0.05, 0.1) is 18.3 Å². The van der Waals surface area contributed by atoms with E-state index in [2.05, 4.69) is 20.6 Å². The van der Waals surface area contributed by atoms with E-state index in [4.69, 9.17) is 17.3 Å².